The van der Waals surface area contributed by atoms with Crippen molar-refractivity contribution in [3.05, 3.63) is 59.7 Å². The van der Waals surface area contributed by atoms with Gasteiger partial charge in [0.2, 0.25) is 11.7 Å². The standard InChI is InChI=1S/C19H17NO5S.ClH/c1-24-16-5-3-2-4-14(16)15(21)11-25-13-8-6-12(7-9-13)10-17-18(22)20-19(23)26-17;/h2-9,17H,10-11H2,1H3,(H,20,22,23);1H. The van der Waals surface area contributed by atoms with E-state index < -0.39 is 5.25 Å². The molecule has 1 aliphatic rings. The van der Waals surface area contributed by atoms with Crippen LogP contribution in [0.25, 0.3) is 0 Å². The van der Waals surface area contributed by atoms with Gasteiger partial charge in [-0.1, -0.05) is 36.0 Å². The Morgan fingerprint density at radius 1 is 1.11 bits per heavy atom. The van der Waals surface area contributed by atoms with Gasteiger partial charge in [0.1, 0.15) is 11.5 Å². The molecule has 27 heavy (non-hydrogen) atoms. The number of imide groups is 1. The molecule has 0 aliphatic carbocycles. The number of hydrogen-bond acceptors (Lipinski definition) is 6. The highest BCUT2D eigenvalue weighted by atomic mass is 35.5. The van der Waals surface area contributed by atoms with Gasteiger partial charge in [0, 0.05) is 0 Å². The smallest absolute Gasteiger partial charge is 0.286 e. The molecule has 142 valence electrons. The molecule has 1 N–H and O–H groups in total. The highest BCUT2D eigenvalue weighted by molar-refractivity contribution is 8.15. The number of para-hydroxylation sites is 1. The highest BCUT2D eigenvalue weighted by Gasteiger charge is 2.31. The van der Waals surface area contributed by atoms with E-state index in [1.54, 1.807) is 36.4 Å². The van der Waals surface area contributed by atoms with Gasteiger partial charge in [-0.25, -0.2) is 0 Å². The number of amides is 2. The molecule has 1 aliphatic heterocycles. The molecule has 2 amide bonds. The predicted octanol–water partition coefficient (Wildman–Crippen LogP) is 3.27. The van der Waals surface area contributed by atoms with Crippen molar-refractivity contribution in [2.75, 3.05) is 13.7 Å². The van der Waals surface area contributed by atoms with Gasteiger partial charge in [-0.15, -0.1) is 12.4 Å². The summed E-state index contributed by atoms with van der Waals surface area (Å²) in [6.45, 7) is -0.102. The van der Waals surface area contributed by atoms with Gasteiger partial charge in [0.25, 0.3) is 5.24 Å². The van der Waals surface area contributed by atoms with Gasteiger partial charge in [-0.3, -0.25) is 19.7 Å². The molecule has 1 saturated heterocycles. The summed E-state index contributed by atoms with van der Waals surface area (Å²) in [6, 6.07) is 14.1. The number of methoxy groups -OCH3 is 1. The zero-order valence-corrected chi connectivity index (χ0v) is 16.1. The number of benzene rings is 2. The Kier molecular flexibility index (Phi) is 7.27. The van der Waals surface area contributed by atoms with Gasteiger partial charge in [-0.05, 0) is 36.2 Å². The van der Waals surface area contributed by atoms with E-state index in [0.717, 1.165) is 17.3 Å². The molecule has 1 fully saturated rings. The summed E-state index contributed by atoms with van der Waals surface area (Å²) in [5.41, 5.74) is 1.39. The molecule has 8 heteroatoms. The van der Waals surface area contributed by atoms with E-state index in [0.29, 0.717) is 23.5 Å². The second-order valence-electron chi connectivity index (χ2n) is 5.64. The quantitative estimate of drug-likeness (QED) is 0.709. The second kappa shape index (κ2) is 9.43. The number of Topliss-reactive ketones (excluding diaryl/α,β-unsaturated/α-hetero) is 1. The van der Waals surface area contributed by atoms with Gasteiger partial charge in [0.05, 0.1) is 17.9 Å². The lowest BCUT2D eigenvalue weighted by molar-refractivity contribution is -0.118. The van der Waals surface area contributed by atoms with Crippen LogP contribution < -0.4 is 14.8 Å². The average molecular weight is 408 g/mol. The molecule has 0 bridgehead atoms. The van der Waals surface area contributed by atoms with Crippen molar-refractivity contribution in [3.8, 4) is 11.5 Å². The minimum Gasteiger partial charge on any atom is -0.496 e. The lowest BCUT2D eigenvalue weighted by atomic mass is 10.1. The Hall–Kier alpha value is -2.51. The van der Waals surface area contributed by atoms with Gasteiger partial charge < -0.3 is 9.47 Å². The first-order valence-corrected chi connectivity index (χ1v) is 8.84. The molecule has 2 aromatic carbocycles. The third-order valence-corrected chi connectivity index (χ3v) is 4.87. The Morgan fingerprint density at radius 3 is 2.44 bits per heavy atom. The summed E-state index contributed by atoms with van der Waals surface area (Å²) in [4.78, 5) is 35.1. The maximum Gasteiger partial charge on any atom is 0.286 e. The monoisotopic (exact) mass is 407 g/mol. The van der Waals surface area contributed by atoms with Crippen LogP contribution in [0.1, 0.15) is 15.9 Å². The van der Waals surface area contributed by atoms with Crippen LogP contribution in [-0.2, 0) is 11.2 Å². The Balaban J connectivity index is 0.00000261. The first-order chi connectivity index (χ1) is 12.6. The largest absolute Gasteiger partial charge is 0.496 e. The van der Waals surface area contributed by atoms with E-state index in [4.69, 9.17) is 9.47 Å². The molecule has 0 radical (unpaired) electrons. The summed E-state index contributed by atoms with van der Waals surface area (Å²) in [5, 5.41) is 1.56. The normalized spacial score (nSPS) is 15.7. The third kappa shape index (κ3) is 5.24. The number of thioether (sulfide) groups is 1. The highest BCUT2D eigenvalue weighted by Crippen LogP contribution is 2.24. The number of carbonyl (C=O) groups excluding carboxylic acids is 3. The van der Waals surface area contributed by atoms with Gasteiger partial charge in [-0.2, -0.15) is 0 Å². The molecule has 0 spiro atoms. The molecule has 2 aromatic rings. The predicted molar refractivity (Wildman–Crippen MR) is 105 cm³/mol. The van der Waals surface area contributed by atoms with E-state index in [1.807, 2.05) is 12.1 Å². The fourth-order valence-corrected chi connectivity index (χ4v) is 3.42. The first kappa shape index (κ1) is 20.8. The van der Waals surface area contributed by atoms with Crippen LogP contribution in [0.15, 0.2) is 48.5 Å². The van der Waals surface area contributed by atoms with Crippen molar-refractivity contribution in [1.82, 2.24) is 5.32 Å². The van der Waals surface area contributed by atoms with E-state index in [9.17, 15) is 14.4 Å². The van der Waals surface area contributed by atoms with Crippen LogP contribution >= 0.6 is 24.2 Å². The zero-order chi connectivity index (χ0) is 18.5. The lowest BCUT2D eigenvalue weighted by Gasteiger charge is -2.10. The van der Waals surface area contributed by atoms with Crippen molar-refractivity contribution in [2.45, 2.75) is 11.7 Å². The Morgan fingerprint density at radius 2 is 1.81 bits per heavy atom. The summed E-state index contributed by atoms with van der Waals surface area (Å²) in [6.07, 6.45) is 0.461. The van der Waals surface area contributed by atoms with Crippen LogP contribution in [0, 0.1) is 0 Å². The van der Waals surface area contributed by atoms with Crippen molar-refractivity contribution in [2.24, 2.45) is 0 Å². The number of nitrogens with one attached hydrogen (secondary N) is 1. The number of ether oxygens (including phenoxy) is 2. The maximum absolute atomic E-state index is 12.3. The summed E-state index contributed by atoms with van der Waals surface area (Å²) >= 11 is 1.00. The van der Waals surface area contributed by atoms with Crippen LogP contribution in [0.2, 0.25) is 0 Å². The van der Waals surface area contributed by atoms with Crippen LogP contribution in [-0.4, -0.2) is 35.9 Å². The van der Waals surface area contributed by atoms with Gasteiger partial charge in [0.15, 0.2) is 6.61 Å². The molecule has 0 aromatic heterocycles. The fraction of sp³-hybridized carbons (Fsp3) is 0.211. The number of halogens is 1. The molecule has 6 nitrogen and oxygen atoms in total. The molecular formula is C19H18ClNO5S. The number of rotatable bonds is 7. The number of ketones is 1. The molecule has 3 rings (SSSR count). The van der Waals surface area contributed by atoms with Crippen LogP contribution in [0.5, 0.6) is 11.5 Å². The Labute approximate surface area is 167 Å². The number of hydrogen-bond donors (Lipinski definition) is 1. The number of carbonyl (C=O) groups is 3. The maximum atomic E-state index is 12.3. The van der Waals surface area contributed by atoms with E-state index in [-0.39, 0.29) is 35.9 Å². The zero-order valence-electron chi connectivity index (χ0n) is 14.5. The van der Waals surface area contributed by atoms with Gasteiger partial charge >= 0.3 is 0 Å². The third-order valence-electron chi connectivity index (χ3n) is 3.89. The van der Waals surface area contributed by atoms with Crippen molar-refractivity contribution < 1.29 is 23.9 Å². The van der Waals surface area contributed by atoms with Crippen LogP contribution in [0.3, 0.4) is 0 Å². The second-order valence-corrected chi connectivity index (χ2v) is 6.82. The molecule has 0 saturated carbocycles. The summed E-state index contributed by atoms with van der Waals surface area (Å²) in [7, 11) is 1.52. The average Bonchev–Trinajstić information content (AvgIpc) is 2.97. The van der Waals surface area contributed by atoms with Crippen LogP contribution in [0.4, 0.5) is 4.79 Å². The first-order valence-electron chi connectivity index (χ1n) is 7.96. The summed E-state index contributed by atoms with van der Waals surface area (Å²) < 4.78 is 10.7. The molecular weight excluding hydrogens is 390 g/mol. The SMILES string of the molecule is COc1ccccc1C(=O)COc1ccc(CC2SC(=O)NC2=O)cc1.Cl. The topological polar surface area (TPSA) is 81.7 Å². The minimum atomic E-state index is -0.401. The fourth-order valence-electron chi connectivity index (χ4n) is 2.57. The van der Waals surface area contributed by atoms with Crippen molar-refractivity contribution >= 4 is 41.1 Å². The molecule has 1 heterocycles. The van der Waals surface area contributed by atoms with Crippen molar-refractivity contribution in [3.63, 3.8) is 0 Å². The lowest BCUT2D eigenvalue weighted by Crippen LogP contribution is -2.25. The Bertz CT molecular complexity index is 840. The summed E-state index contributed by atoms with van der Waals surface area (Å²) in [5.74, 6) is 0.627. The van der Waals surface area contributed by atoms with E-state index >= 15 is 0 Å². The van der Waals surface area contributed by atoms with E-state index in [1.165, 1.54) is 7.11 Å². The minimum absolute atomic E-state index is 0. The molecule has 1 atom stereocenters. The molecule has 1 unspecified atom stereocenters. The van der Waals surface area contributed by atoms with Crippen molar-refractivity contribution in [1.29, 1.82) is 0 Å². The van der Waals surface area contributed by atoms with E-state index in [2.05, 4.69) is 5.32 Å².